The first-order valence-corrected chi connectivity index (χ1v) is 7.10. The summed E-state index contributed by atoms with van der Waals surface area (Å²) in [6.07, 6.45) is 3.71. The van der Waals surface area contributed by atoms with Crippen molar-refractivity contribution in [3.05, 3.63) is 11.9 Å². The highest BCUT2D eigenvalue weighted by Gasteiger charge is 2.23. The summed E-state index contributed by atoms with van der Waals surface area (Å²) in [6.45, 7) is 4.83. The second-order valence-corrected chi connectivity index (χ2v) is 5.26. The van der Waals surface area contributed by atoms with Crippen LogP contribution in [0.3, 0.4) is 0 Å². The molecule has 1 fully saturated rings. The van der Waals surface area contributed by atoms with E-state index in [9.17, 15) is 5.11 Å². The molecule has 0 amide bonds. The van der Waals surface area contributed by atoms with Crippen molar-refractivity contribution in [3.63, 3.8) is 0 Å². The van der Waals surface area contributed by atoms with Gasteiger partial charge in [0.2, 0.25) is 0 Å². The lowest BCUT2D eigenvalue weighted by Gasteiger charge is -2.34. The summed E-state index contributed by atoms with van der Waals surface area (Å²) in [5.41, 5.74) is 0. The van der Waals surface area contributed by atoms with Crippen molar-refractivity contribution in [2.45, 2.75) is 51.7 Å². The molecule has 1 aromatic heterocycles. The van der Waals surface area contributed by atoms with Gasteiger partial charge in [0.15, 0.2) is 0 Å². The van der Waals surface area contributed by atoms with Gasteiger partial charge in [-0.05, 0) is 39.5 Å². The van der Waals surface area contributed by atoms with E-state index in [-0.39, 0.29) is 6.10 Å². The van der Waals surface area contributed by atoms with E-state index >= 15 is 0 Å². The largest absolute Gasteiger partial charge is 0.393 e. The van der Waals surface area contributed by atoms with Crippen molar-refractivity contribution in [1.82, 2.24) is 9.97 Å². The molecule has 0 bridgehead atoms. The molecule has 19 heavy (non-hydrogen) atoms. The van der Waals surface area contributed by atoms with E-state index in [1.807, 2.05) is 13.0 Å². The fourth-order valence-electron chi connectivity index (χ4n) is 2.64. The Morgan fingerprint density at radius 3 is 2.63 bits per heavy atom. The summed E-state index contributed by atoms with van der Waals surface area (Å²) < 4.78 is 0. The maximum absolute atomic E-state index is 9.58. The van der Waals surface area contributed by atoms with E-state index in [1.54, 1.807) is 0 Å². The lowest BCUT2D eigenvalue weighted by atomic mass is 9.92. The maximum atomic E-state index is 9.58. The van der Waals surface area contributed by atoms with Gasteiger partial charge in [-0.2, -0.15) is 0 Å². The van der Waals surface area contributed by atoms with E-state index < -0.39 is 0 Å². The van der Waals surface area contributed by atoms with Crippen molar-refractivity contribution < 1.29 is 5.11 Å². The quantitative estimate of drug-likeness (QED) is 0.870. The van der Waals surface area contributed by atoms with Crippen molar-refractivity contribution in [3.8, 4) is 0 Å². The molecule has 5 nitrogen and oxygen atoms in total. The molecule has 0 atom stereocenters. The third kappa shape index (κ3) is 3.56. The number of nitrogens with zero attached hydrogens (tertiary/aromatic N) is 3. The first-order chi connectivity index (χ1) is 9.10. The monoisotopic (exact) mass is 264 g/mol. The molecule has 1 aliphatic rings. The van der Waals surface area contributed by atoms with Gasteiger partial charge in [-0.1, -0.05) is 0 Å². The molecule has 1 saturated carbocycles. The van der Waals surface area contributed by atoms with Crippen LogP contribution < -0.4 is 10.2 Å². The van der Waals surface area contributed by atoms with Crippen LogP contribution in [0.25, 0.3) is 0 Å². The summed E-state index contributed by atoms with van der Waals surface area (Å²) in [5, 5.41) is 12.8. The Morgan fingerprint density at radius 2 is 2.00 bits per heavy atom. The highest BCUT2D eigenvalue weighted by atomic mass is 16.3. The number of hydrogen-bond donors (Lipinski definition) is 2. The van der Waals surface area contributed by atoms with Crippen LogP contribution in [0.4, 0.5) is 11.6 Å². The molecule has 0 saturated heterocycles. The number of rotatable bonds is 4. The van der Waals surface area contributed by atoms with E-state index in [4.69, 9.17) is 0 Å². The van der Waals surface area contributed by atoms with Crippen LogP contribution in [-0.2, 0) is 0 Å². The predicted molar refractivity (Wildman–Crippen MR) is 77.6 cm³/mol. The fraction of sp³-hybridized carbons (Fsp3) is 0.714. The van der Waals surface area contributed by atoms with Crippen LogP contribution >= 0.6 is 0 Å². The van der Waals surface area contributed by atoms with E-state index in [1.165, 1.54) is 0 Å². The molecule has 0 aromatic carbocycles. The Hall–Kier alpha value is -1.36. The molecule has 1 aromatic rings. The minimum absolute atomic E-state index is 0.117. The fourth-order valence-corrected chi connectivity index (χ4v) is 2.64. The number of aromatic nitrogens is 2. The zero-order valence-corrected chi connectivity index (χ0v) is 12.1. The number of anilines is 2. The maximum Gasteiger partial charge on any atom is 0.134 e. The zero-order valence-electron chi connectivity index (χ0n) is 12.1. The Kier molecular flexibility index (Phi) is 4.58. The molecule has 0 unspecified atom stereocenters. The van der Waals surface area contributed by atoms with Gasteiger partial charge in [0.1, 0.15) is 17.5 Å². The third-order valence-corrected chi connectivity index (χ3v) is 3.76. The molecule has 1 heterocycles. The third-order valence-electron chi connectivity index (χ3n) is 3.76. The second-order valence-electron chi connectivity index (χ2n) is 5.26. The SMILES string of the molecule is CCNc1cc(N(C)C2CCC(O)CC2)nc(C)n1. The van der Waals surface area contributed by atoms with Crippen LogP contribution in [-0.4, -0.2) is 40.8 Å². The Labute approximate surface area is 115 Å². The second kappa shape index (κ2) is 6.19. The van der Waals surface area contributed by atoms with Gasteiger partial charge in [0, 0.05) is 25.7 Å². The molecule has 1 aliphatic carbocycles. The zero-order chi connectivity index (χ0) is 13.8. The lowest BCUT2D eigenvalue weighted by molar-refractivity contribution is 0.122. The van der Waals surface area contributed by atoms with Crippen molar-refractivity contribution in [1.29, 1.82) is 0 Å². The number of aliphatic hydroxyl groups is 1. The summed E-state index contributed by atoms with van der Waals surface area (Å²) in [7, 11) is 2.08. The van der Waals surface area contributed by atoms with Crippen LogP contribution in [0, 0.1) is 6.92 Å². The summed E-state index contributed by atoms with van der Waals surface area (Å²) >= 11 is 0. The molecule has 106 valence electrons. The van der Waals surface area contributed by atoms with Gasteiger partial charge in [0.25, 0.3) is 0 Å². The highest BCUT2D eigenvalue weighted by molar-refractivity contribution is 5.49. The predicted octanol–water partition coefficient (Wildman–Crippen LogP) is 1.96. The molecule has 2 rings (SSSR count). The Bertz CT molecular complexity index is 416. The topological polar surface area (TPSA) is 61.3 Å². The lowest BCUT2D eigenvalue weighted by Crippen LogP contribution is -2.37. The van der Waals surface area contributed by atoms with Crippen LogP contribution in [0.2, 0.25) is 0 Å². The molecular weight excluding hydrogens is 240 g/mol. The van der Waals surface area contributed by atoms with Crippen LogP contribution in [0.5, 0.6) is 0 Å². The average Bonchev–Trinajstić information content (AvgIpc) is 2.38. The summed E-state index contributed by atoms with van der Waals surface area (Å²) in [4.78, 5) is 11.1. The van der Waals surface area contributed by atoms with Crippen LogP contribution in [0.15, 0.2) is 6.07 Å². The van der Waals surface area contributed by atoms with E-state index in [0.29, 0.717) is 6.04 Å². The van der Waals surface area contributed by atoms with Crippen molar-refractivity contribution in [2.75, 3.05) is 23.8 Å². The standard InChI is InChI=1S/C14H24N4O/c1-4-15-13-9-14(17-10(2)16-13)18(3)11-5-7-12(19)8-6-11/h9,11-12,19H,4-8H2,1-3H3,(H,15,16,17). The Morgan fingerprint density at radius 1 is 1.32 bits per heavy atom. The Balaban J connectivity index is 2.11. The van der Waals surface area contributed by atoms with Gasteiger partial charge in [-0.15, -0.1) is 0 Å². The van der Waals surface area contributed by atoms with Gasteiger partial charge in [0.05, 0.1) is 6.10 Å². The van der Waals surface area contributed by atoms with Gasteiger partial charge in [-0.25, -0.2) is 9.97 Å². The van der Waals surface area contributed by atoms with Gasteiger partial charge < -0.3 is 15.3 Å². The van der Waals surface area contributed by atoms with Crippen LogP contribution in [0.1, 0.15) is 38.4 Å². The smallest absolute Gasteiger partial charge is 0.134 e. The molecule has 5 heteroatoms. The number of aliphatic hydroxyl groups excluding tert-OH is 1. The minimum atomic E-state index is -0.117. The first kappa shape index (κ1) is 14.1. The molecule has 0 radical (unpaired) electrons. The number of hydrogen-bond acceptors (Lipinski definition) is 5. The molecule has 0 aliphatic heterocycles. The number of aryl methyl sites for hydroxylation is 1. The van der Waals surface area contributed by atoms with Gasteiger partial charge in [-0.3, -0.25) is 0 Å². The summed E-state index contributed by atoms with van der Waals surface area (Å²) in [5.74, 6) is 2.63. The highest BCUT2D eigenvalue weighted by Crippen LogP contribution is 2.26. The van der Waals surface area contributed by atoms with E-state index in [2.05, 4.69) is 34.2 Å². The van der Waals surface area contributed by atoms with Crippen molar-refractivity contribution in [2.24, 2.45) is 0 Å². The number of nitrogens with one attached hydrogen (secondary N) is 1. The molecule has 0 spiro atoms. The van der Waals surface area contributed by atoms with Gasteiger partial charge >= 0.3 is 0 Å². The first-order valence-electron chi connectivity index (χ1n) is 7.10. The summed E-state index contributed by atoms with van der Waals surface area (Å²) in [6, 6.07) is 2.47. The molecular formula is C14H24N4O. The van der Waals surface area contributed by atoms with Crippen molar-refractivity contribution >= 4 is 11.6 Å². The normalized spacial score (nSPS) is 23.2. The minimum Gasteiger partial charge on any atom is -0.393 e. The average molecular weight is 264 g/mol. The molecule has 2 N–H and O–H groups in total. The van der Waals surface area contributed by atoms with E-state index in [0.717, 1.165) is 49.7 Å².